The van der Waals surface area contributed by atoms with Crippen LogP contribution in [0.3, 0.4) is 0 Å². The number of carbonyl (C=O) groups is 1. The third-order valence-electron chi connectivity index (χ3n) is 1.92. The van der Waals surface area contributed by atoms with Crippen molar-refractivity contribution in [2.24, 2.45) is 11.7 Å². The monoisotopic (exact) mass is 173 g/mol. The minimum atomic E-state index is -0.801. The van der Waals surface area contributed by atoms with Crippen LogP contribution in [0.15, 0.2) is 12.7 Å². The van der Waals surface area contributed by atoms with Crippen molar-refractivity contribution in [2.75, 3.05) is 5.94 Å². The molecule has 0 aromatic heterocycles. The first-order chi connectivity index (χ1) is 5.15. The summed E-state index contributed by atoms with van der Waals surface area (Å²) in [6.07, 6.45) is 2.32. The summed E-state index contributed by atoms with van der Waals surface area (Å²) in [5.41, 5.74) is 4.85. The molecule has 0 saturated heterocycles. The highest BCUT2D eigenvalue weighted by Gasteiger charge is 2.56. The predicted octanol–water partition coefficient (Wildman–Crippen LogP) is 0.320. The SMILES string of the molecule is C=CC1CC1(N)C(=O)OCS. The van der Waals surface area contributed by atoms with Crippen molar-refractivity contribution in [3.05, 3.63) is 12.7 Å². The van der Waals surface area contributed by atoms with Gasteiger partial charge in [-0.25, -0.2) is 0 Å². The van der Waals surface area contributed by atoms with Gasteiger partial charge >= 0.3 is 5.97 Å². The van der Waals surface area contributed by atoms with Crippen LogP contribution in [-0.2, 0) is 9.53 Å². The van der Waals surface area contributed by atoms with Crippen LogP contribution in [0.4, 0.5) is 0 Å². The second-order valence-corrected chi connectivity index (χ2v) is 2.91. The molecular weight excluding hydrogens is 162 g/mol. The minimum absolute atomic E-state index is 0.0786. The summed E-state index contributed by atoms with van der Waals surface area (Å²) in [5.74, 6) is -0.214. The lowest BCUT2D eigenvalue weighted by molar-refractivity contribution is -0.144. The maximum atomic E-state index is 11.1. The summed E-state index contributed by atoms with van der Waals surface area (Å²) in [6.45, 7) is 3.55. The maximum absolute atomic E-state index is 11.1. The molecule has 1 aliphatic rings. The van der Waals surface area contributed by atoms with Gasteiger partial charge in [0.25, 0.3) is 0 Å². The lowest BCUT2D eigenvalue weighted by atomic mass is 10.2. The van der Waals surface area contributed by atoms with Gasteiger partial charge in [-0.2, -0.15) is 0 Å². The maximum Gasteiger partial charge on any atom is 0.327 e. The number of thiol groups is 1. The van der Waals surface area contributed by atoms with Crippen molar-refractivity contribution in [3.8, 4) is 0 Å². The van der Waals surface area contributed by atoms with E-state index in [4.69, 9.17) is 5.73 Å². The molecule has 1 saturated carbocycles. The topological polar surface area (TPSA) is 52.3 Å². The Bertz CT molecular complexity index is 195. The predicted molar refractivity (Wildman–Crippen MR) is 45.2 cm³/mol. The normalized spacial score (nSPS) is 34.5. The minimum Gasteiger partial charge on any atom is -0.454 e. The van der Waals surface area contributed by atoms with E-state index in [0.29, 0.717) is 6.42 Å². The molecule has 2 N–H and O–H groups in total. The summed E-state index contributed by atoms with van der Waals surface area (Å²) in [6, 6.07) is 0. The molecule has 1 rings (SSSR count). The van der Waals surface area contributed by atoms with Crippen LogP contribution in [0.1, 0.15) is 6.42 Å². The van der Waals surface area contributed by atoms with E-state index in [1.807, 2.05) is 0 Å². The van der Waals surface area contributed by atoms with Crippen LogP contribution in [0.5, 0.6) is 0 Å². The van der Waals surface area contributed by atoms with Crippen molar-refractivity contribution in [1.82, 2.24) is 0 Å². The molecule has 1 aliphatic carbocycles. The van der Waals surface area contributed by atoms with E-state index in [2.05, 4.69) is 23.9 Å². The quantitative estimate of drug-likeness (QED) is 0.280. The number of ether oxygens (including phenoxy) is 1. The third kappa shape index (κ3) is 1.41. The lowest BCUT2D eigenvalue weighted by Crippen LogP contribution is -2.36. The van der Waals surface area contributed by atoms with E-state index < -0.39 is 5.54 Å². The van der Waals surface area contributed by atoms with E-state index in [1.54, 1.807) is 6.08 Å². The first-order valence-electron chi connectivity index (χ1n) is 3.34. The Labute approximate surface area is 71.0 Å². The van der Waals surface area contributed by atoms with Gasteiger partial charge in [-0.15, -0.1) is 19.2 Å². The highest BCUT2D eigenvalue weighted by molar-refractivity contribution is 7.80. The smallest absolute Gasteiger partial charge is 0.327 e. The first kappa shape index (κ1) is 8.62. The molecule has 2 atom stereocenters. The Morgan fingerprint density at radius 3 is 3.00 bits per heavy atom. The molecule has 2 unspecified atom stereocenters. The number of hydrogen-bond donors (Lipinski definition) is 2. The van der Waals surface area contributed by atoms with E-state index in [9.17, 15) is 4.79 Å². The second-order valence-electron chi connectivity index (χ2n) is 2.65. The summed E-state index contributed by atoms with van der Waals surface area (Å²) in [4.78, 5) is 11.1. The first-order valence-corrected chi connectivity index (χ1v) is 3.98. The standard InChI is InChI=1S/C7H11NO2S/c1-2-5-3-7(5,8)6(9)10-4-11/h2,5,11H,1,3-4,8H2. The van der Waals surface area contributed by atoms with Crippen molar-refractivity contribution in [3.63, 3.8) is 0 Å². The fourth-order valence-corrected chi connectivity index (χ4v) is 1.14. The Morgan fingerprint density at radius 1 is 2.00 bits per heavy atom. The number of esters is 1. The van der Waals surface area contributed by atoms with Gasteiger partial charge in [-0.1, -0.05) is 6.08 Å². The molecule has 4 heteroatoms. The fourth-order valence-electron chi connectivity index (χ4n) is 1.03. The Balaban J connectivity index is 2.49. The average molecular weight is 173 g/mol. The molecule has 0 aliphatic heterocycles. The van der Waals surface area contributed by atoms with Crippen LogP contribution in [0, 0.1) is 5.92 Å². The van der Waals surface area contributed by atoms with Gasteiger partial charge in [0.05, 0.1) is 0 Å². The Kier molecular flexibility index (Phi) is 2.25. The summed E-state index contributed by atoms with van der Waals surface area (Å²) in [7, 11) is 0. The van der Waals surface area contributed by atoms with E-state index in [1.165, 1.54) is 0 Å². The molecule has 1 fully saturated rings. The van der Waals surface area contributed by atoms with Crippen LogP contribution >= 0.6 is 12.6 Å². The van der Waals surface area contributed by atoms with Crippen LogP contribution in [0.25, 0.3) is 0 Å². The van der Waals surface area contributed by atoms with Gasteiger partial charge in [0, 0.05) is 5.92 Å². The van der Waals surface area contributed by atoms with Gasteiger partial charge in [-0.05, 0) is 6.42 Å². The van der Waals surface area contributed by atoms with Gasteiger partial charge in [0.2, 0.25) is 0 Å². The zero-order valence-corrected chi connectivity index (χ0v) is 7.01. The number of rotatable bonds is 3. The highest BCUT2D eigenvalue weighted by atomic mass is 32.1. The molecule has 0 bridgehead atoms. The lowest BCUT2D eigenvalue weighted by Gasteiger charge is -2.07. The van der Waals surface area contributed by atoms with Crippen molar-refractivity contribution < 1.29 is 9.53 Å². The summed E-state index contributed by atoms with van der Waals surface area (Å²) in [5, 5.41) is 0. The number of hydrogen-bond acceptors (Lipinski definition) is 4. The van der Waals surface area contributed by atoms with Crippen molar-refractivity contribution >= 4 is 18.6 Å². The molecule has 0 spiro atoms. The Morgan fingerprint density at radius 2 is 2.64 bits per heavy atom. The second kappa shape index (κ2) is 2.87. The molecule has 0 aromatic rings. The molecule has 0 radical (unpaired) electrons. The third-order valence-corrected chi connectivity index (χ3v) is 2.05. The molecule has 3 nitrogen and oxygen atoms in total. The molecular formula is C7H11NO2S. The Hall–Kier alpha value is -0.480. The molecule has 62 valence electrons. The zero-order valence-electron chi connectivity index (χ0n) is 6.12. The number of carbonyl (C=O) groups excluding carboxylic acids is 1. The van der Waals surface area contributed by atoms with Crippen LogP contribution < -0.4 is 5.73 Å². The van der Waals surface area contributed by atoms with E-state index in [0.717, 1.165) is 0 Å². The molecule has 11 heavy (non-hydrogen) atoms. The van der Waals surface area contributed by atoms with Gasteiger partial charge in [0.15, 0.2) is 0 Å². The van der Waals surface area contributed by atoms with Crippen LogP contribution in [-0.4, -0.2) is 17.4 Å². The van der Waals surface area contributed by atoms with Gasteiger partial charge < -0.3 is 10.5 Å². The molecule has 0 aromatic carbocycles. The van der Waals surface area contributed by atoms with Crippen molar-refractivity contribution in [2.45, 2.75) is 12.0 Å². The number of nitrogens with two attached hydrogens (primary N) is 1. The molecule has 0 heterocycles. The van der Waals surface area contributed by atoms with E-state index >= 15 is 0 Å². The van der Waals surface area contributed by atoms with Crippen LogP contribution in [0.2, 0.25) is 0 Å². The average Bonchev–Trinajstić information content (AvgIpc) is 2.64. The van der Waals surface area contributed by atoms with Crippen molar-refractivity contribution in [1.29, 1.82) is 0 Å². The molecule has 0 amide bonds. The fraction of sp³-hybridized carbons (Fsp3) is 0.571. The summed E-state index contributed by atoms with van der Waals surface area (Å²) < 4.78 is 4.65. The van der Waals surface area contributed by atoms with E-state index in [-0.39, 0.29) is 17.8 Å². The highest BCUT2D eigenvalue weighted by Crippen LogP contribution is 2.42. The zero-order chi connectivity index (χ0) is 8.48. The summed E-state index contributed by atoms with van der Waals surface area (Å²) >= 11 is 3.75. The largest absolute Gasteiger partial charge is 0.454 e. The van der Waals surface area contributed by atoms with Gasteiger partial charge in [-0.3, -0.25) is 4.79 Å². The van der Waals surface area contributed by atoms with Gasteiger partial charge in [0.1, 0.15) is 11.5 Å².